The molecule has 1 aromatic rings. The van der Waals surface area contributed by atoms with Crippen molar-refractivity contribution >= 4 is 17.8 Å². The summed E-state index contributed by atoms with van der Waals surface area (Å²) in [6.07, 6.45) is 1.27. The first kappa shape index (κ1) is 14.0. The highest BCUT2D eigenvalue weighted by Gasteiger charge is 2.28. The number of amides is 2. The maximum absolute atomic E-state index is 12.3. The summed E-state index contributed by atoms with van der Waals surface area (Å²) in [5, 5.41) is 12.9. The molecule has 0 spiro atoms. The quantitative estimate of drug-likeness (QED) is 0.782. The highest BCUT2D eigenvalue weighted by molar-refractivity contribution is 6.03. The molecular weight excluding hydrogens is 264 g/mol. The summed E-state index contributed by atoms with van der Waals surface area (Å²) in [5.74, 6) is -1.57. The number of aromatic nitrogens is 2. The van der Waals surface area contributed by atoms with Crippen LogP contribution in [0.3, 0.4) is 0 Å². The van der Waals surface area contributed by atoms with Crippen molar-refractivity contribution in [3.63, 3.8) is 0 Å². The molecular formula is C12H16N4O4. The van der Waals surface area contributed by atoms with Crippen molar-refractivity contribution in [3.05, 3.63) is 17.5 Å². The molecule has 1 aromatic heterocycles. The van der Waals surface area contributed by atoms with Crippen LogP contribution in [-0.2, 0) is 11.8 Å². The summed E-state index contributed by atoms with van der Waals surface area (Å²) >= 11 is 0. The van der Waals surface area contributed by atoms with E-state index in [1.54, 1.807) is 9.80 Å². The first-order chi connectivity index (χ1) is 9.41. The zero-order valence-electron chi connectivity index (χ0n) is 11.4. The van der Waals surface area contributed by atoms with Gasteiger partial charge in [-0.1, -0.05) is 0 Å². The number of hydrogen-bond acceptors (Lipinski definition) is 4. The number of nitrogens with zero attached hydrogens (tertiary/aromatic N) is 4. The van der Waals surface area contributed by atoms with Crippen LogP contribution >= 0.6 is 0 Å². The second-order valence-corrected chi connectivity index (χ2v) is 4.63. The number of carbonyl (C=O) groups is 3. The third kappa shape index (κ3) is 2.49. The maximum Gasteiger partial charge on any atom is 0.354 e. The van der Waals surface area contributed by atoms with Crippen LogP contribution in [0.25, 0.3) is 0 Å². The van der Waals surface area contributed by atoms with Crippen LogP contribution in [0.5, 0.6) is 0 Å². The number of hydrogen-bond donors (Lipinski definition) is 1. The highest BCUT2D eigenvalue weighted by Crippen LogP contribution is 2.13. The zero-order valence-corrected chi connectivity index (χ0v) is 11.4. The third-order valence-corrected chi connectivity index (χ3v) is 3.38. The molecule has 0 bridgehead atoms. The van der Waals surface area contributed by atoms with Crippen LogP contribution in [0.1, 0.15) is 27.8 Å². The van der Waals surface area contributed by atoms with Crippen molar-refractivity contribution < 1.29 is 19.5 Å². The maximum atomic E-state index is 12.3. The lowest BCUT2D eigenvalue weighted by molar-refractivity contribution is -0.130. The molecule has 2 heterocycles. The van der Waals surface area contributed by atoms with Gasteiger partial charge in [-0.15, -0.1) is 0 Å². The van der Waals surface area contributed by atoms with Gasteiger partial charge in [0.1, 0.15) is 0 Å². The summed E-state index contributed by atoms with van der Waals surface area (Å²) < 4.78 is 1.17. The van der Waals surface area contributed by atoms with Crippen molar-refractivity contribution in [1.29, 1.82) is 0 Å². The summed E-state index contributed by atoms with van der Waals surface area (Å²) in [6.45, 7) is 3.20. The molecule has 0 aliphatic carbocycles. The Labute approximate surface area is 115 Å². The summed E-state index contributed by atoms with van der Waals surface area (Å²) in [7, 11) is 1.48. The van der Waals surface area contributed by atoms with Crippen molar-refractivity contribution in [2.45, 2.75) is 6.92 Å². The Morgan fingerprint density at radius 2 is 1.70 bits per heavy atom. The number of aryl methyl sites for hydroxylation is 1. The summed E-state index contributed by atoms with van der Waals surface area (Å²) in [5.41, 5.74) is -0.0414. The zero-order chi connectivity index (χ0) is 14.9. The molecule has 8 nitrogen and oxygen atoms in total. The number of aromatic carboxylic acids is 1. The molecule has 0 radical (unpaired) electrons. The number of carboxylic acid groups (broad SMARTS) is 1. The number of carboxylic acids is 1. The predicted molar refractivity (Wildman–Crippen MR) is 68.3 cm³/mol. The van der Waals surface area contributed by atoms with Gasteiger partial charge < -0.3 is 14.9 Å². The Hall–Kier alpha value is -2.38. The topological polar surface area (TPSA) is 95.7 Å². The third-order valence-electron chi connectivity index (χ3n) is 3.38. The molecule has 1 aliphatic heterocycles. The van der Waals surface area contributed by atoms with Gasteiger partial charge in [0.25, 0.3) is 5.91 Å². The molecule has 8 heteroatoms. The van der Waals surface area contributed by atoms with E-state index < -0.39 is 5.97 Å². The minimum absolute atomic E-state index is 0.0234. The number of rotatable bonds is 2. The van der Waals surface area contributed by atoms with E-state index in [4.69, 9.17) is 5.11 Å². The van der Waals surface area contributed by atoms with Crippen LogP contribution in [-0.4, -0.2) is 68.6 Å². The second-order valence-electron chi connectivity index (χ2n) is 4.63. The Kier molecular flexibility index (Phi) is 3.73. The van der Waals surface area contributed by atoms with E-state index >= 15 is 0 Å². The molecule has 1 fully saturated rings. The van der Waals surface area contributed by atoms with Crippen molar-refractivity contribution in [1.82, 2.24) is 19.6 Å². The van der Waals surface area contributed by atoms with E-state index in [2.05, 4.69) is 5.10 Å². The van der Waals surface area contributed by atoms with Crippen molar-refractivity contribution in [3.8, 4) is 0 Å². The highest BCUT2D eigenvalue weighted by atomic mass is 16.4. The first-order valence-corrected chi connectivity index (χ1v) is 6.22. The molecule has 108 valence electrons. The van der Waals surface area contributed by atoms with Gasteiger partial charge in [0, 0.05) is 40.2 Å². The van der Waals surface area contributed by atoms with Gasteiger partial charge in [0.2, 0.25) is 5.91 Å². The lowest BCUT2D eigenvalue weighted by Crippen LogP contribution is -2.50. The Morgan fingerprint density at radius 3 is 2.20 bits per heavy atom. The number of piperazine rings is 1. The molecule has 2 rings (SSSR count). The van der Waals surface area contributed by atoms with E-state index in [9.17, 15) is 14.4 Å². The van der Waals surface area contributed by atoms with Crippen LogP contribution in [0.4, 0.5) is 0 Å². The van der Waals surface area contributed by atoms with Crippen LogP contribution in [0, 0.1) is 0 Å². The van der Waals surface area contributed by atoms with Gasteiger partial charge in [0.15, 0.2) is 5.69 Å². The molecule has 0 saturated carbocycles. The summed E-state index contributed by atoms with van der Waals surface area (Å²) in [4.78, 5) is 37.9. The van der Waals surface area contributed by atoms with Gasteiger partial charge in [0.05, 0.1) is 11.8 Å². The largest absolute Gasteiger partial charge is 0.477 e. The Bertz CT molecular complexity index is 558. The van der Waals surface area contributed by atoms with E-state index in [0.717, 1.165) is 0 Å². The van der Waals surface area contributed by atoms with Gasteiger partial charge >= 0.3 is 5.97 Å². The normalized spacial score (nSPS) is 15.3. The minimum Gasteiger partial charge on any atom is -0.477 e. The predicted octanol–water partition coefficient (Wildman–Crippen LogP) is -0.577. The monoisotopic (exact) mass is 280 g/mol. The van der Waals surface area contributed by atoms with Gasteiger partial charge in [-0.2, -0.15) is 5.10 Å². The van der Waals surface area contributed by atoms with E-state index in [0.29, 0.717) is 26.2 Å². The van der Waals surface area contributed by atoms with E-state index in [-0.39, 0.29) is 23.1 Å². The molecule has 20 heavy (non-hydrogen) atoms. The molecule has 1 aliphatic rings. The first-order valence-electron chi connectivity index (χ1n) is 6.22. The second kappa shape index (κ2) is 5.32. The van der Waals surface area contributed by atoms with Crippen LogP contribution < -0.4 is 0 Å². The summed E-state index contributed by atoms with van der Waals surface area (Å²) in [6, 6.07) is 0. The van der Waals surface area contributed by atoms with Gasteiger partial charge in [-0.25, -0.2) is 4.79 Å². The van der Waals surface area contributed by atoms with Gasteiger partial charge in [-0.3, -0.25) is 14.3 Å². The fraction of sp³-hybridized carbons (Fsp3) is 0.500. The lowest BCUT2D eigenvalue weighted by atomic mass is 10.2. The molecule has 0 unspecified atom stereocenters. The fourth-order valence-electron chi connectivity index (χ4n) is 2.24. The standard InChI is InChI=1S/C12H16N4O4/c1-8(17)15-3-5-16(6-4-15)11(18)9-7-13-14(2)10(9)12(19)20/h7H,3-6H2,1-2H3,(H,19,20). The molecule has 1 saturated heterocycles. The lowest BCUT2D eigenvalue weighted by Gasteiger charge is -2.34. The fourth-order valence-corrected chi connectivity index (χ4v) is 2.24. The molecule has 2 amide bonds. The molecule has 1 N–H and O–H groups in total. The van der Waals surface area contributed by atoms with E-state index in [1.165, 1.54) is 24.9 Å². The molecule has 0 aromatic carbocycles. The van der Waals surface area contributed by atoms with Crippen LogP contribution in [0.2, 0.25) is 0 Å². The van der Waals surface area contributed by atoms with Gasteiger partial charge in [-0.05, 0) is 0 Å². The SMILES string of the molecule is CC(=O)N1CCN(C(=O)c2cnn(C)c2C(=O)O)CC1. The van der Waals surface area contributed by atoms with Crippen LogP contribution in [0.15, 0.2) is 6.20 Å². The molecule has 0 atom stereocenters. The van der Waals surface area contributed by atoms with Crippen molar-refractivity contribution in [2.75, 3.05) is 26.2 Å². The Morgan fingerprint density at radius 1 is 1.15 bits per heavy atom. The average Bonchev–Trinajstić information content (AvgIpc) is 2.80. The minimum atomic E-state index is -1.18. The average molecular weight is 280 g/mol. The number of carbonyl (C=O) groups excluding carboxylic acids is 2. The Balaban J connectivity index is 2.14. The van der Waals surface area contributed by atoms with E-state index in [1.807, 2.05) is 0 Å². The smallest absolute Gasteiger partial charge is 0.354 e. The van der Waals surface area contributed by atoms with Crippen molar-refractivity contribution in [2.24, 2.45) is 7.05 Å².